The molecule has 0 aliphatic carbocycles. The molecule has 0 heterocycles. The fourth-order valence-corrected chi connectivity index (χ4v) is 10.5. The van der Waals surface area contributed by atoms with Crippen molar-refractivity contribution in [2.24, 2.45) is 0 Å². The Labute approximate surface area is 450 Å². The molecule has 0 aliphatic rings. The van der Waals surface area contributed by atoms with E-state index in [1.807, 2.05) is 6.08 Å². The fourth-order valence-electron chi connectivity index (χ4n) is 10.5. The van der Waals surface area contributed by atoms with Crippen molar-refractivity contribution < 1.29 is 24.5 Å². The molecule has 6 nitrogen and oxygen atoms in total. The van der Waals surface area contributed by atoms with Gasteiger partial charge in [0.15, 0.2) is 0 Å². The van der Waals surface area contributed by atoms with E-state index in [1.54, 1.807) is 6.08 Å². The Hall–Kier alpha value is -1.40. The molecular formula is C66H129NO5. The van der Waals surface area contributed by atoms with Crippen molar-refractivity contribution in [1.29, 1.82) is 0 Å². The summed E-state index contributed by atoms with van der Waals surface area (Å²) in [4.78, 5) is 24.5. The van der Waals surface area contributed by atoms with Gasteiger partial charge in [-0.15, -0.1) is 0 Å². The highest BCUT2D eigenvalue weighted by Crippen LogP contribution is 2.19. The largest absolute Gasteiger partial charge is 0.466 e. The summed E-state index contributed by atoms with van der Waals surface area (Å²) in [5, 5.41) is 23.2. The Morgan fingerprint density at radius 2 is 0.639 bits per heavy atom. The van der Waals surface area contributed by atoms with Crippen LogP contribution in [0.25, 0.3) is 0 Å². The first kappa shape index (κ1) is 70.6. The molecule has 0 aliphatic heterocycles. The van der Waals surface area contributed by atoms with Crippen LogP contribution >= 0.6 is 0 Å². The molecule has 3 N–H and O–H groups in total. The van der Waals surface area contributed by atoms with Gasteiger partial charge in [0.05, 0.1) is 25.4 Å². The minimum atomic E-state index is -0.844. The number of carbonyl (C=O) groups is 2. The summed E-state index contributed by atoms with van der Waals surface area (Å²) in [7, 11) is 0. The minimum absolute atomic E-state index is 0.0154. The van der Waals surface area contributed by atoms with Crippen LogP contribution in [-0.2, 0) is 14.3 Å². The summed E-state index contributed by atoms with van der Waals surface area (Å²) in [5.41, 5.74) is 0. The molecule has 72 heavy (non-hydrogen) atoms. The zero-order valence-corrected chi connectivity index (χ0v) is 48.9. The number of ether oxygens (including phenoxy) is 1. The van der Waals surface area contributed by atoms with E-state index in [1.165, 1.54) is 308 Å². The van der Waals surface area contributed by atoms with E-state index in [0.29, 0.717) is 19.4 Å². The normalized spacial score (nSPS) is 12.6. The third-order valence-electron chi connectivity index (χ3n) is 15.6. The zero-order chi connectivity index (χ0) is 52.2. The van der Waals surface area contributed by atoms with Gasteiger partial charge in [0.25, 0.3) is 0 Å². The second-order valence-corrected chi connectivity index (χ2v) is 22.8. The maximum absolute atomic E-state index is 12.5. The van der Waals surface area contributed by atoms with Crippen LogP contribution < -0.4 is 5.32 Å². The van der Waals surface area contributed by atoms with Crippen LogP contribution in [0, 0.1) is 0 Å². The highest BCUT2D eigenvalue weighted by atomic mass is 16.5. The molecule has 0 aromatic rings. The van der Waals surface area contributed by atoms with Gasteiger partial charge in [0.1, 0.15) is 0 Å². The third kappa shape index (κ3) is 57.9. The number of esters is 1. The Morgan fingerprint density at radius 1 is 0.375 bits per heavy atom. The number of hydrogen-bond donors (Lipinski definition) is 3. The number of allylic oxidation sites excluding steroid dienone is 1. The molecule has 0 saturated carbocycles. The molecule has 428 valence electrons. The van der Waals surface area contributed by atoms with E-state index in [9.17, 15) is 19.8 Å². The molecule has 0 fully saturated rings. The van der Waals surface area contributed by atoms with E-state index < -0.39 is 12.1 Å². The van der Waals surface area contributed by atoms with Crippen LogP contribution in [0.1, 0.15) is 373 Å². The van der Waals surface area contributed by atoms with Crippen molar-refractivity contribution in [3.05, 3.63) is 12.2 Å². The van der Waals surface area contributed by atoms with Crippen molar-refractivity contribution >= 4 is 11.9 Å². The second-order valence-electron chi connectivity index (χ2n) is 22.8. The van der Waals surface area contributed by atoms with Crippen molar-refractivity contribution in [1.82, 2.24) is 5.32 Å². The number of unbranched alkanes of at least 4 members (excludes halogenated alkanes) is 51. The maximum atomic E-state index is 12.5. The monoisotopic (exact) mass is 1020 g/mol. The van der Waals surface area contributed by atoms with Gasteiger partial charge in [-0.2, -0.15) is 0 Å². The summed E-state index contributed by atoms with van der Waals surface area (Å²) in [6.07, 6.45) is 75.5. The van der Waals surface area contributed by atoms with Gasteiger partial charge in [-0.1, -0.05) is 341 Å². The molecule has 0 bridgehead atoms. The van der Waals surface area contributed by atoms with E-state index in [4.69, 9.17) is 4.74 Å². The van der Waals surface area contributed by atoms with Crippen LogP contribution in [0.5, 0.6) is 0 Å². The first-order valence-electron chi connectivity index (χ1n) is 33.0. The standard InChI is InChI=1S/C66H129NO5/c1-3-5-7-9-11-13-15-17-18-19-20-26-29-32-35-38-42-46-50-54-58-64(69)63(62-68)67-65(70)59-55-51-47-43-39-36-33-30-27-24-22-21-23-25-28-31-34-37-41-45-49-53-57-61-72-66(71)60-56-52-48-44-40-16-14-12-10-8-6-4-2/h54,58,63-64,68-69H,3-53,55-57,59-62H2,1-2H3,(H,67,70)/b58-54+. The zero-order valence-electron chi connectivity index (χ0n) is 48.9. The van der Waals surface area contributed by atoms with Gasteiger partial charge in [-0.25, -0.2) is 0 Å². The Morgan fingerprint density at radius 3 is 0.944 bits per heavy atom. The molecule has 0 saturated heterocycles. The number of carbonyl (C=O) groups excluding carboxylic acids is 2. The second kappa shape index (κ2) is 62.1. The Bertz CT molecular complexity index is 1080. The summed E-state index contributed by atoms with van der Waals surface area (Å²) in [5.74, 6) is -0.0480. The highest BCUT2D eigenvalue weighted by Gasteiger charge is 2.18. The van der Waals surface area contributed by atoms with Gasteiger partial charge < -0.3 is 20.3 Å². The average molecular weight is 1020 g/mol. The molecule has 0 aromatic heterocycles. The summed E-state index contributed by atoms with van der Waals surface area (Å²) in [6.45, 7) is 4.94. The SMILES string of the molecule is CCCCCCCCCCCCCCCCCCCC/C=C/C(O)C(CO)NC(=O)CCCCCCCCCCCCCCCCCCCCCCCCCOC(=O)CCCCCCCCCCCCCC. The number of nitrogens with one attached hydrogen (secondary N) is 1. The van der Waals surface area contributed by atoms with Crippen LogP contribution in [0.4, 0.5) is 0 Å². The number of aliphatic hydroxyl groups is 2. The molecule has 2 unspecified atom stereocenters. The van der Waals surface area contributed by atoms with Gasteiger partial charge >= 0.3 is 5.97 Å². The molecule has 0 spiro atoms. The van der Waals surface area contributed by atoms with E-state index >= 15 is 0 Å². The minimum Gasteiger partial charge on any atom is -0.466 e. The van der Waals surface area contributed by atoms with Crippen molar-refractivity contribution in [2.75, 3.05) is 13.2 Å². The van der Waals surface area contributed by atoms with Crippen molar-refractivity contribution in [2.45, 2.75) is 386 Å². The van der Waals surface area contributed by atoms with Crippen LogP contribution in [-0.4, -0.2) is 47.4 Å². The summed E-state index contributed by atoms with van der Waals surface area (Å²) in [6, 6.07) is -0.627. The van der Waals surface area contributed by atoms with E-state index in [0.717, 1.165) is 38.5 Å². The van der Waals surface area contributed by atoms with Crippen LogP contribution in [0.15, 0.2) is 12.2 Å². The van der Waals surface area contributed by atoms with Gasteiger partial charge in [0.2, 0.25) is 5.91 Å². The highest BCUT2D eigenvalue weighted by molar-refractivity contribution is 5.76. The summed E-state index contributed by atoms with van der Waals surface area (Å²) < 4.78 is 5.48. The predicted octanol–water partition coefficient (Wildman–Crippen LogP) is 20.8. The Kier molecular flexibility index (Phi) is 60.9. The topological polar surface area (TPSA) is 95.9 Å². The fraction of sp³-hybridized carbons (Fsp3) is 0.939. The average Bonchev–Trinajstić information content (AvgIpc) is 3.38. The van der Waals surface area contributed by atoms with Crippen LogP contribution in [0.3, 0.4) is 0 Å². The van der Waals surface area contributed by atoms with E-state index in [-0.39, 0.29) is 18.5 Å². The predicted molar refractivity (Wildman–Crippen MR) is 315 cm³/mol. The molecular weight excluding hydrogens is 887 g/mol. The molecule has 1 amide bonds. The van der Waals surface area contributed by atoms with Gasteiger partial charge in [-0.3, -0.25) is 9.59 Å². The first-order chi connectivity index (χ1) is 35.5. The molecule has 6 heteroatoms. The number of hydrogen-bond acceptors (Lipinski definition) is 5. The number of aliphatic hydroxyl groups excluding tert-OH is 2. The maximum Gasteiger partial charge on any atom is 0.305 e. The van der Waals surface area contributed by atoms with Crippen molar-refractivity contribution in [3.63, 3.8) is 0 Å². The molecule has 0 rings (SSSR count). The van der Waals surface area contributed by atoms with Crippen molar-refractivity contribution in [3.8, 4) is 0 Å². The van der Waals surface area contributed by atoms with Gasteiger partial charge in [-0.05, 0) is 32.1 Å². The molecule has 0 radical (unpaired) electrons. The number of rotatable bonds is 62. The van der Waals surface area contributed by atoms with Crippen LogP contribution in [0.2, 0.25) is 0 Å². The smallest absolute Gasteiger partial charge is 0.305 e. The lowest BCUT2D eigenvalue weighted by molar-refractivity contribution is -0.143. The number of amides is 1. The molecule has 2 atom stereocenters. The summed E-state index contributed by atoms with van der Waals surface area (Å²) >= 11 is 0. The lowest BCUT2D eigenvalue weighted by Gasteiger charge is -2.20. The first-order valence-corrected chi connectivity index (χ1v) is 33.0. The Balaban J connectivity index is 3.40. The molecule has 0 aromatic carbocycles. The van der Waals surface area contributed by atoms with E-state index in [2.05, 4.69) is 19.2 Å². The lowest BCUT2D eigenvalue weighted by Crippen LogP contribution is -2.45. The van der Waals surface area contributed by atoms with Gasteiger partial charge in [0, 0.05) is 12.8 Å². The quantitative estimate of drug-likeness (QED) is 0.0320. The third-order valence-corrected chi connectivity index (χ3v) is 15.6. The lowest BCUT2D eigenvalue weighted by atomic mass is 10.0.